The van der Waals surface area contributed by atoms with Gasteiger partial charge in [-0.2, -0.15) is 0 Å². The summed E-state index contributed by atoms with van der Waals surface area (Å²) in [6.45, 7) is 19.9. The summed E-state index contributed by atoms with van der Waals surface area (Å²) in [5, 5.41) is 1.50. The molecular formula is C29H44OSi2. The van der Waals surface area contributed by atoms with Gasteiger partial charge >= 0.3 is 0 Å². The molecule has 0 amide bonds. The van der Waals surface area contributed by atoms with Gasteiger partial charge in [0, 0.05) is 11.5 Å². The maximum absolute atomic E-state index is 14.0. The molecule has 0 bridgehead atoms. The minimum Gasteiger partial charge on any atom is -0.294 e. The molecule has 0 N–H and O–H groups in total. The Balaban J connectivity index is 2.09. The normalized spacial score (nSPS) is 22.2. The second-order valence-electron chi connectivity index (χ2n) is 11.7. The van der Waals surface area contributed by atoms with Crippen LogP contribution in [0.4, 0.5) is 0 Å². The second-order valence-corrected chi connectivity index (χ2v) is 22.7. The molecule has 3 rings (SSSR count). The zero-order chi connectivity index (χ0) is 23.7. The van der Waals surface area contributed by atoms with Crippen LogP contribution in [0.5, 0.6) is 0 Å². The van der Waals surface area contributed by atoms with Crippen LogP contribution in [-0.4, -0.2) is 21.9 Å². The third-order valence-corrected chi connectivity index (χ3v) is 21.3. The Hall–Kier alpha value is -1.46. The molecule has 1 aliphatic carbocycles. The molecule has 0 radical (unpaired) electrons. The highest BCUT2D eigenvalue weighted by atomic mass is 28.3. The molecule has 1 saturated carbocycles. The molecule has 1 nitrogen and oxygen atoms in total. The number of carbonyl (C=O) groups is 1. The van der Waals surface area contributed by atoms with Crippen LogP contribution in [0.2, 0.25) is 40.8 Å². The van der Waals surface area contributed by atoms with Crippen LogP contribution in [0.3, 0.4) is 0 Å². The van der Waals surface area contributed by atoms with Crippen molar-refractivity contribution < 1.29 is 4.79 Å². The Morgan fingerprint density at radius 2 is 1.22 bits per heavy atom. The summed E-state index contributed by atoms with van der Waals surface area (Å²) in [6.07, 6.45) is 2.35. The quantitative estimate of drug-likeness (QED) is 0.283. The van der Waals surface area contributed by atoms with E-state index >= 15 is 0 Å². The van der Waals surface area contributed by atoms with Crippen LogP contribution in [0, 0.1) is 5.92 Å². The molecule has 3 heteroatoms. The van der Waals surface area contributed by atoms with Crippen LogP contribution in [0.25, 0.3) is 0 Å². The van der Waals surface area contributed by atoms with E-state index in [4.69, 9.17) is 0 Å². The summed E-state index contributed by atoms with van der Waals surface area (Å²) in [5.74, 6) is 0.557. The molecule has 2 aromatic carbocycles. The summed E-state index contributed by atoms with van der Waals surface area (Å²) >= 11 is 0. The lowest BCUT2D eigenvalue weighted by Gasteiger charge is -2.48. The molecule has 0 unspecified atom stereocenters. The summed E-state index contributed by atoms with van der Waals surface area (Å²) in [4.78, 5) is 14.0. The predicted octanol–water partition coefficient (Wildman–Crippen LogP) is 8.31. The van der Waals surface area contributed by atoms with Gasteiger partial charge in [0.05, 0.1) is 16.1 Å². The van der Waals surface area contributed by atoms with E-state index in [0.717, 1.165) is 34.1 Å². The predicted molar refractivity (Wildman–Crippen MR) is 146 cm³/mol. The fraction of sp³-hybridized carbons (Fsp3) is 0.552. The van der Waals surface area contributed by atoms with E-state index in [1.54, 1.807) is 0 Å². The number of Topliss-reactive ketones (excluding diaryl/α,β-unsaturated/α-hetero) is 1. The Labute approximate surface area is 199 Å². The maximum Gasteiger partial charge on any atom is 0.165 e. The molecule has 3 atom stereocenters. The van der Waals surface area contributed by atoms with E-state index in [2.05, 4.69) is 85.0 Å². The second kappa shape index (κ2) is 9.81. The largest absolute Gasteiger partial charge is 0.294 e. The number of carbonyl (C=O) groups excluding carboxylic acids is 1. The highest BCUT2D eigenvalue weighted by Gasteiger charge is 2.57. The smallest absolute Gasteiger partial charge is 0.165 e. The SMILES string of the molecule is CC(C)[Si](C(C)C)(C(C)C)[C@H]1C[C@H](C(=O)c2ccccc2)[C@@H]([Si](C)(C)c2ccccc2)C1. The van der Waals surface area contributed by atoms with Crippen molar-refractivity contribution >= 4 is 27.1 Å². The topological polar surface area (TPSA) is 17.1 Å². The Kier molecular flexibility index (Phi) is 7.71. The van der Waals surface area contributed by atoms with Gasteiger partial charge in [-0.1, -0.05) is 144 Å². The van der Waals surface area contributed by atoms with Crippen molar-refractivity contribution in [3.63, 3.8) is 0 Å². The van der Waals surface area contributed by atoms with Crippen molar-refractivity contribution in [2.45, 2.75) is 95.2 Å². The molecule has 0 saturated heterocycles. The molecule has 1 fully saturated rings. The van der Waals surface area contributed by atoms with Gasteiger partial charge < -0.3 is 0 Å². The number of hydrogen-bond donors (Lipinski definition) is 0. The number of ketones is 1. The molecule has 0 spiro atoms. The van der Waals surface area contributed by atoms with Crippen molar-refractivity contribution in [2.24, 2.45) is 5.92 Å². The summed E-state index contributed by atoms with van der Waals surface area (Å²) in [5.41, 5.74) is 4.35. The summed E-state index contributed by atoms with van der Waals surface area (Å²) in [6, 6.07) is 21.2. The first-order chi connectivity index (χ1) is 15.0. The fourth-order valence-corrected chi connectivity index (χ4v) is 19.9. The van der Waals surface area contributed by atoms with Crippen LogP contribution in [0.15, 0.2) is 60.7 Å². The third-order valence-electron chi connectivity index (χ3n) is 9.11. The van der Waals surface area contributed by atoms with Gasteiger partial charge in [0.2, 0.25) is 0 Å². The Morgan fingerprint density at radius 1 is 0.750 bits per heavy atom. The number of rotatable bonds is 8. The summed E-state index contributed by atoms with van der Waals surface area (Å²) < 4.78 is 0. The van der Waals surface area contributed by atoms with E-state index in [1.807, 2.05) is 30.3 Å². The minimum absolute atomic E-state index is 0.160. The van der Waals surface area contributed by atoms with Crippen molar-refractivity contribution in [2.75, 3.05) is 0 Å². The standard InChI is InChI=1S/C29H44OSi2/c1-21(2)32(22(3)4,23(5)6)26-19-27(29(30)24-15-11-9-12-16-24)28(20-26)31(7,8)25-17-13-10-14-18-25/h9-18,21-23,26-28H,19-20H2,1-8H3/t26-,27-,28-/m0/s1. The fourth-order valence-electron chi connectivity index (χ4n) is 7.85. The first-order valence-corrected chi connectivity index (χ1v) is 18.1. The number of hydrogen-bond acceptors (Lipinski definition) is 1. The Bertz CT molecular complexity index is 864. The molecule has 1 aliphatic rings. The van der Waals surface area contributed by atoms with Crippen LogP contribution >= 0.6 is 0 Å². The average molecular weight is 465 g/mol. The molecule has 0 aromatic heterocycles. The highest BCUT2D eigenvalue weighted by Crippen LogP contribution is 2.61. The van der Waals surface area contributed by atoms with Gasteiger partial charge in [-0.3, -0.25) is 4.79 Å². The van der Waals surface area contributed by atoms with Crippen molar-refractivity contribution in [1.29, 1.82) is 0 Å². The van der Waals surface area contributed by atoms with E-state index < -0.39 is 16.1 Å². The van der Waals surface area contributed by atoms with Crippen molar-refractivity contribution in [1.82, 2.24) is 0 Å². The summed E-state index contributed by atoms with van der Waals surface area (Å²) in [7, 11) is -3.46. The highest BCUT2D eigenvalue weighted by molar-refractivity contribution is 6.91. The lowest BCUT2D eigenvalue weighted by atomic mass is 9.96. The van der Waals surface area contributed by atoms with Crippen LogP contribution in [-0.2, 0) is 0 Å². The van der Waals surface area contributed by atoms with E-state index in [9.17, 15) is 4.79 Å². The first-order valence-electron chi connectivity index (χ1n) is 12.7. The monoisotopic (exact) mass is 464 g/mol. The average Bonchev–Trinajstić information content (AvgIpc) is 3.20. The van der Waals surface area contributed by atoms with Crippen LogP contribution < -0.4 is 5.19 Å². The zero-order valence-electron chi connectivity index (χ0n) is 21.6. The van der Waals surface area contributed by atoms with E-state index in [1.165, 1.54) is 11.6 Å². The Morgan fingerprint density at radius 3 is 1.69 bits per heavy atom. The molecule has 174 valence electrons. The molecule has 0 aliphatic heterocycles. The van der Waals surface area contributed by atoms with Gasteiger partial charge in [-0.05, 0) is 17.5 Å². The van der Waals surface area contributed by atoms with Crippen LogP contribution in [0.1, 0.15) is 64.7 Å². The minimum atomic E-state index is -1.83. The lowest BCUT2D eigenvalue weighted by Crippen LogP contribution is -2.49. The van der Waals surface area contributed by atoms with Crippen molar-refractivity contribution in [3.8, 4) is 0 Å². The van der Waals surface area contributed by atoms with Gasteiger partial charge in [0.25, 0.3) is 0 Å². The van der Waals surface area contributed by atoms with Gasteiger partial charge in [0.1, 0.15) is 0 Å². The molecule has 2 aromatic rings. The van der Waals surface area contributed by atoms with E-state index in [-0.39, 0.29) is 5.92 Å². The zero-order valence-corrected chi connectivity index (χ0v) is 23.6. The van der Waals surface area contributed by atoms with E-state index in [0.29, 0.717) is 11.3 Å². The first kappa shape index (κ1) is 25.2. The maximum atomic E-state index is 14.0. The molecule has 0 heterocycles. The molecule has 32 heavy (non-hydrogen) atoms. The van der Waals surface area contributed by atoms with Crippen molar-refractivity contribution in [3.05, 3.63) is 66.2 Å². The number of benzene rings is 2. The lowest BCUT2D eigenvalue weighted by molar-refractivity contribution is 0.0921. The molecular weight excluding hydrogens is 420 g/mol. The van der Waals surface area contributed by atoms with Gasteiger partial charge in [-0.15, -0.1) is 0 Å². The van der Waals surface area contributed by atoms with Gasteiger partial charge in [0.15, 0.2) is 5.78 Å². The third kappa shape index (κ3) is 4.35. The van der Waals surface area contributed by atoms with Gasteiger partial charge in [-0.25, -0.2) is 0 Å².